The van der Waals surface area contributed by atoms with Crippen molar-refractivity contribution in [1.29, 1.82) is 0 Å². The molecule has 0 radical (unpaired) electrons. The van der Waals surface area contributed by atoms with Crippen LogP contribution in [0.15, 0.2) is 48.5 Å². The number of aliphatic hydroxyl groups is 2. The fourth-order valence-corrected chi connectivity index (χ4v) is 8.30. The second kappa shape index (κ2) is 31.1. The van der Waals surface area contributed by atoms with Gasteiger partial charge in [-0.2, -0.15) is 11.8 Å². The molecule has 1 saturated heterocycles. The van der Waals surface area contributed by atoms with Crippen LogP contribution in [0.1, 0.15) is 69.9 Å². The number of aliphatic hydroxyl groups excluding tert-OH is 2. The minimum atomic E-state index is -1.72. The van der Waals surface area contributed by atoms with Gasteiger partial charge in [-0.1, -0.05) is 44.5 Å². The third-order valence-corrected chi connectivity index (χ3v) is 12.9. The predicted molar refractivity (Wildman–Crippen MR) is 268 cm³/mol. The number of carbonyl (C=O) groups excluding carboxylic acids is 8. The minimum Gasteiger partial charge on any atom is -0.508 e. The standard InChI is InChI=1S/C48H72N10O14S/c1-4-27(2)40(47(70)52-32(8-5-6-19-49)41(64)51-33(18-21-73-3)42(65)56-37(26-60)48(71)72)57-45(68)36(25-59)55-44(67)34(22-28-10-14-30(61)15-11-28)53-43(66)35(23-29-12-16-31(62)17-13-29)54-46(69)38-9-7-20-58(38)39(63)24-50/h10-17,27,32-38,40,59-62H,4-9,18-26,49-50H2,1-3H3,(H,51,64)(H,52,70)(H,53,66)(H,54,69)(H,55,67)(H,56,65)(H,57,68)(H,71,72)/t27-,32-,33-,34-,35-,36-,37-,38-,40-/m0/s1. The van der Waals surface area contributed by atoms with Crippen LogP contribution in [0, 0.1) is 5.92 Å². The number of rotatable bonds is 31. The second-order valence-corrected chi connectivity index (χ2v) is 18.7. The maximum Gasteiger partial charge on any atom is 0.328 e. The lowest BCUT2D eigenvalue weighted by molar-refractivity contribution is -0.143. The van der Waals surface area contributed by atoms with Gasteiger partial charge < -0.3 is 79.1 Å². The Balaban J connectivity index is 1.90. The van der Waals surface area contributed by atoms with Crippen LogP contribution >= 0.6 is 11.8 Å². The van der Waals surface area contributed by atoms with Gasteiger partial charge in [-0.05, 0) is 98.4 Å². The smallest absolute Gasteiger partial charge is 0.328 e. The van der Waals surface area contributed by atoms with Crippen LogP contribution in [0.4, 0.5) is 0 Å². The molecule has 16 N–H and O–H groups in total. The molecule has 0 bridgehead atoms. The maximum absolute atomic E-state index is 14.3. The lowest BCUT2D eigenvalue weighted by Crippen LogP contribution is -2.62. The van der Waals surface area contributed by atoms with Gasteiger partial charge >= 0.3 is 5.97 Å². The minimum absolute atomic E-state index is 0.0388. The van der Waals surface area contributed by atoms with Gasteiger partial charge in [0.05, 0.1) is 19.8 Å². The topological polar surface area (TPSA) is 394 Å². The van der Waals surface area contributed by atoms with Crippen molar-refractivity contribution in [2.75, 3.05) is 44.9 Å². The third-order valence-electron chi connectivity index (χ3n) is 12.3. The summed E-state index contributed by atoms with van der Waals surface area (Å²) in [5.74, 6) is -8.35. The number of carbonyl (C=O) groups is 9. The van der Waals surface area contributed by atoms with E-state index in [1.165, 1.54) is 65.2 Å². The molecular weight excluding hydrogens is 973 g/mol. The van der Waals surface area contributed by atoms with Gasteiger partial charge in [-0.15, -0.1) is 0 Å². The summed E-state index contributed by atoms with van der Waals surface area (Å²) < 4.78 is 0. The number of carboxylic acid groups (broad SMARTS) is 1. The summed E-state index contributed by atoms with van der Waals surface area (Å²) in [6.45, 7) is 1.67. The number of phenolic OH excluding ortho intramolecular Hbond substituents is 2. The summed E-state index contributed by atoms with van der Waals surface area (Å²) in [5, 5.41) is 67.0. The van der Waals surface area contributed by atoms with Crippen LogP contribution in [0.3, 0.4) is 0 Å². The Bertz CT molecular complexity index is 2170. The van der Waals surface area contributed by atoms with Crippen LogP contribution in [-0.4, -0.2) is 177 Å². The van der Waals surface area contributed by atoms with E-state index in [1.807, 2.05) is 0 Å². The maximum atomic E-state index is 14.3. The van der Waals surface area contributed by atoms with Crippen LogP contribution in [0.5, 0.6) is 11.5 Å². The van der Waals surface area contributed by atoms with Gasteiger partial charge in [-0.25, -0.2) is 4.79 Å². The summed E-state index contributed by atoms with van der Waals surface area (Å²) in [5.41, 5.74) is 12.2. The first-order chi connectivity index (χ1) is 34.8. The molecule has 0 unspecified atom stereocenters. The molecule has 2 aromatic carbocycles. The molecule has 0 aromatic heterocycles. The van der Waals surface area contributed by atoms with Gasteiger partial charge in [0, 0.05) is 19.4 Å². The molecule has 1 heterocycles. The van der Waals surface area contributed by atoms with E-state index < -0.39 is 121 Å². The van der Waals surface area contributed by atoms with Gasteiger partial charge in [0.2, 0.25) is 47.3 Å². The lowest BCUT2D eigenvalue weighted by Gasteiger charge is -2.29. The van der Waals surface area contributed by atoms with Crippen molar-refractivity contribution in [3.8, 4) is 11.5 Å². The van der Waals surface area contributed by atoms with Crippen LogP contribution in [0.2, 0.25) is 0 Å². The molecule has 24 nitrogen and oxygen atoms in total. The average molecular weight is 1050 g/mol. The molecule has 1 fully saturated rings. The number of nitrogens with one attached hydrogen (secondary N) is 7. The van der Waals surface area contributed by atoms with Gasteiger partial charge in [-0.3, -0.25) is 38.4 Å². The Morgan fingerprint density at radius 2 is 1.11 bits per heavy atom. The molecule has 1 aliphatic rings. The Labute approximate surface area is 427 Å². The van der Waals surface area contributed by atoms with Crippen molar-refractivity contribution in [3.05, 3.63) is 59.7 Å². The number of carboxylic acids is 1. The van der Waals surface area contributed by atoms with E-state index in [0.717, 1.165) is 0 Å². The van der Waals surface area contributed by atoms with E-state index in [0.29, 0.717) is 49.0 Å². The molecule has 2 aromatic rings. The molecule has 3 rings (SSSR count). The Morgan fingerprint density at radius 1 is 0.644 bits per heavy atom. The largest absolute Gasteiger partial charge is 0.508 e. The summed E-state index contributed by atoms with van der Waals surface area (Å²) in [6, 6.07) is 0.439. The average Bonchev–Trinajstić information content (AvgIpc) is 3.88. The number of aliphatic carboxylic acids is 1. The number of thioether (sulfide) groups is 1. The van der Waals surface area contributed by atoms with Gasteiger partial charge in [0.15, 0.2) is 0 Å². The summed E-state index contributed by atoms with van der Waals surface area (Å²) in [7, 11) is 0. The number of nitrogens with zero attached hydrogens (tertiary/aromatic N) is 1. The summed E-state index contributed by atoms with van der Waals surface area (Å²) in [4.78, 5) is 123. The Hall–Kier alpha value is -6.54. The fraction of sp³-hybridized carbons (Fsp3) is 0.562. The Kier molecular flexibility index (Phi) is 25.9. The van der Waals surface area contributed by atoms with E-state index in [2.05, 4.69) is 37.2 Å². The van der Waals surface area contributed by atoms with Crippen molar-refractivity contribution in [2.24, 2.45) is 17.4 Å². The van der Waals surface area contributed by atoms with E-state index in [1.54, 1.807) is 20.1 Å². The molecule has 404 valence electrons. The number of aromatic hydroxyl groups is 2. The van der Waals surface area contributed by atoms with E-state index in [-0.39, 0.29) is 56.8 Å². The molecule has 25 heteroatoms. The Morgan fingerprint density at radius 3 is 1.60 bits per heavy atom. The van der Waals surface area contributed by atoms with Crippen LogP contribution in [-0.2, 0) is 56.0 Å². The number of unbranched alkanes of at least 4 members (excludes halogenated alkanes) is 1. The van der Waals surface area contributed by atoms with Crippen molar-refractivity contribution in [1.82, 2.24) is 42.1 Å². The zero-order valence-corrected chi connectivity index (χ0v) is 42.2. The molecule has 0 aliphatic carbocycles. The summed E-state index contributed by atoms with van der Waals surface area (Å²) in [6.07, 6.45) is 3.42. The molecule has 0 saturated carbocycles. The molecule has 73 heavy (non-hydrogen) atoms. The fourth-order valence-electron chi connectivity index (χ4n) is 7.83. The first kappa shape index (κ1) is 60.8. The number of hydrogen-bond acceptors (Lipinski definition) is 16. The van der Waals surface area contributed by atoms with Crippen molar-refractivity contribution in [2.45, 2.75) is 120 Å². The molecule has 9 atom stereocenters. The SMILES string of the molecule is CC[C@H](C)[C@H](NC(=O)[C@H](CO)NC(=O)[C@H](Cc1ccc(O)cc1)NC(=O)[C@H](Cc1ccc(O)cc1)NC(=O)[C@@H]1CCCN1C(=O)CN)C(=O)N[C@@H](CCCCN)C(=O)N[C@@H](CCSC)C(=O)N[C@@H](CO)C(=O)O. The van der Waals surface area contributed by atoms with Crippen molar-refractivity contribution in [3.63, 3.8) is 0 Å². The first-order valence-electron chi connectivity index (χ1n) is 24.1. The second-order valence-electron chi connectivity index (χ2n) is 17.7. The monoisotopic (exact) mass is 1040 g/mol. The highest BCUT2D eigenvalue weighted by atomic mass is 32.2. The molecule has 0 spiro atoms. The highest BCUT2D eigenvalue weighted by Crippen LogP contribution is 2.19. The molecule has 8 amide bonds. The number of phenols is 2. The number of hydrogen-bond donors (Lipinski definition) is 14. The van der Waals surface area contributed by atoms with Crippen LogP contribution in [0.25, 0.3) is 0 Å². The lowest BCUT2D eigenvalue weighted by atomic mass is 9.97. The quantitative estimate of drug-likeness (QED) is 0.0340. The number of benzene rings is 2. The first-order valence-corrected chi connectivity index (χ1v) is 25.5. The van der Waals surface area contributed by atoms with Crippen molar-refractivity contribution >= 4 is 65.0 Å². The summed E-state index contributed by atoms with van der Waals surface area (Å²) >= 11 is 1.35. The normalized spacial score (nSPS) is 16.5. The molecule has 1 aliphatic heterocycles. The van der Waals surface area contributed by atoms with Crippen LogP contribution < -0.4 is 48.7 Å². The zero-order valence-electron chi connectivity index (χ0n) is 41.3. The third kappa shape index (κ3) is 19.4. The molecular formula is C48H72N10O14S. The predicted octanol–water partition coefficient (Wildman–Crippen LogP) is -2.78. The number of nitrogens with two attached hydrogens (primary N) is 2. The highest BCUT2D eigenvalue weighted by molar-refractivity contribution is 7.98. The van der Waals surface area contributed by atoms with Gasteiger partial charge in [0.25, 0.3) is 0 Å². The highest BCUT2D eigenvalue weighted by Gasteiger charge is 2.38. The van der Waals surface area contributed by atoms with E-state index in [4.69, 9.17) is 11.5 Å². The van der Waals surface area contributed by atoms with E-state index in [9.17, 15) is 68.7 Å². The van der Waals surface area contributed by atoms with Crippen molar-refractivity contribution < 1.29 is 68.7 Å². The zero-order chi connectivity index (χ0) is 54.2. The number of likely N-dealkylation sites (tertiary alicyclic amines) is 1. The van der Waals surface area contributed by atoms with E-state index >= 15 is 0 Å². The van der Waals surface area contributed by atoms with Gasteiger partial charge in [0.1, 0.15) is 59.8 Å². The number of amides is 8.